The van der Waals surface area contributed by atoms with Crippen molar-refractivity contribution in [3.63, 3.8) is 0 Å². The molecule has 0 fully saturated rings. The fourth-order valence-electron chi connectivity index (χ4n) is 4.45. The van der Waals surface area contributed by atoms with Crippen molar-refractivity contribution >= 4 is 30.3 Å². The van der Waals surface area contributed by atoms with Crippen LogP contribution in [-0.4, -0.2) is 31.6 Å². The molecule has 4 nitrogen and oxygen atoms in total. The summed E-state index contributed by atoms with van der Waals surface area (Å²) in [4.78, 5) is 23.7. The van der Waals surface area contributed by atoms with Crippen LogP contribution in [0.2, 0.25) is 0 Å². The average Bonchev–Trinajstić information content (AvgIpc) is 3.40. The van der Waals surface area contributed by atoms with Crippen molar-refractivity contribution in [3.05, 3.63) is 150 Å². The Morgan fingerprint density at radius 1 is 0.854 bits per heavy atom. The Kier molecular flexibility index (Phi) is 12.8. The van der Waals surface area contributed by atoms with Gasteiger partial charge in [0, 0.05) is 18.8 Å². The van der Waals surface area contributed by atoms with Gasteiger partial charge in [0.15, 0.2) is 5.78 Å². The van der Waals surface area contributed by atoms with Crippen LogP contribution in [-0.2, 0) is 29.0 Å². The molecule has 1 radical (unpaired) electrons. The third kappa shape index (κ3) is 9.12. The molecule has 0 saturated carbocycles. The van der Waals surface area contributed by atoms with Gasteiger partial charge in [-0.05, 0) is 36.4 Å². The number of esters is 1. The summed E-state index contributed by atoms with van der Waals surface area (Å²) >= 11 is 0. The maximum atomic E-state index is 12.8. The van der Waals surface area contributed by atoms with Gasteiger partial charge < -0.3 is 14.8 Å². The Bertz CT molecular complexity index is 1450. The van der Waals surface area contributed by atoms with E-state index in [0.717, 1.165) is 22.9 Å². The van der Waals surface area contributed by atoms with Crippen molar-refractivity contribution in [2.75, 3.05) is 19.8 Å². The fourth-order valence-corrected chi connectivity index (χ4v) is 6.86. The third-order valence-corrected chi connectivity index (χ3v) is 9.24. The molecule has 1 aliphatic rings. The second kappa shape index (κ2) is 16.5. The summed E-state index contributed by atoms with van der Waals surface area (Å²) < 4.78 is 5.72. The van der Waals surface area contributed by atoms with Crippen LogP contribution in [0, 0.1) is 6.92 Å². The van der Waals surface area contributed by atoms with Crippen LogP contribution in [0.1, 0.15) is 15.9 Å². The molecule has 5 rings (SSSR count). The number of carbonyl (C=O) groups is 2. The first-order chi connectivity index (χ1) is 19.6. The summed E-state index contributed by atoms with van der Waals surface area (Å²) in [7, 11) is 0.769. The molecule has 0 bridgehead atoms. The summed E-state index contributed by atoms with van der Waals surface area (Å²) in [5.41, 5.74) is 4.47. The van der Waals surface area contributed by atoms with Crippen molar-refractivity contribution in [2.24, 2.45) is 0 Å². The first-order valence-corrected chi connectivity index (χ1v) is 15.0. The van der Waals surface area contributed by atoms with Crippen molar-refractivity contribution in [1.82, 2.24) is 5.32 Å². The third-order valence-electron chi connectivity index (χ3n) is 6.47. The number of benzene rings is 3. The summed E-state index contributed by atoms with van der Waals surface area (Å²) in [6.45, 7) is 2.38. The number of rotatable bonds is 8. The molecule has 4 aromatic carbocycles. The number of hydrogen-bond donors (Lipinski definition) is 1. The SMILES string of the molecule is CNC=C1C=CC=CC1=O.C[c-]1cc(-c2ccccc2)cc1C(=O)OCC[PH+](c1ccccc1)c1ccccc1.[Ru+5]. The molecule has 4 aromatic rings. The van der Waals surface area contributed by atoms with Gasteiger partial charge in [-0.2, -0.15) is 6.07 Å². The van der Waals surface area contributed by atoms with Crippen molar-refractivity contribution in [1.29, 1.82) is 0 Å². The minimum atomic E-state index is -1.00. The van der Waals surface area contributed by atoms with Gasteiger partial charge in [0.1, 0.15) is 6.61 Å². The number of carbonyl (C=O) groups excluding carboxylic acids is 2. The summed E-state index contributed by atoms with van der Waals surface area (Å²) in [6.07, 6.45) is 9.42. The van der Waals surface area contributed by atoms with Gasteiger partial charge in [-0.25, -0.2) is 0 Å². The van der Waals surface area contributed by atoms with Crippen molar-refractivity contribution < 1.29 is 33.8 Å². The molecular formula is C35H34NO3PRu+5. The van der Waals surface area contributed by atoms with E-state index in [9.17, 15) is 9.59 Å². The molecule has 0 aromatic heterocycles. The zero-order chi connectivity index (χ0) is 28.2. The van der Waals surface area contributed by atoms with Crippen LogP contribution in [0.15, 0.2) is 139 Å². The van der Waals surface area contributed by atoms with Crippen LogP contribution >= 0.6 is 7.92 Å². The molecule has 0 spiro atoms. The number of aryl methyl sites for hydroxylation is 1. The molecule has 1 aliphatic carbocycles. The minimum absolute atomic E-state index is 0. The standard InChI is InChI=1S/C27H24O2P.C8H9NO.Ru/c1-21-19-23(22-11-5-2-6-12-22)20-26(21)27(28)29-17-18-30(24-13-7-3-8-14-24)25-15-9-4-10-16-25;1-9-6-7-4-2-3-5-8(7)10;/h2-16,19-20H,17-18H2,1H3;2-6,9H,1H3;/q-1;;+5/p+1. The van der Waals surface area contributed by atoms with Gasteiger partial charge >= 0.3 is 19.5 Å². The van der Waals surface area contributed by atoms with E-state index in [1.807, 2.05) is 49.4 Å². The molecule has 0 atom stereocenters. The van der Waals surface area contributed by atoms with E-state index in [0.29, 0.717) is 17.7 Å². The summed E-state index contributed by atoms with van der Waals surface area (Å²) in [5.74, 6) is -0.186. The van der Waals surface area contributed by atoms with Gasteiger partial charge in [0.2, 0.25) is 5.97 Å². The van der Waals surface area contributed by atoms with Crippen LogP contribution < -0.4 is 15.9 Å². The topological polar surface area (TPSA) is 55.4 Å². The molecule has 0 saturated heterocycles. The van der Waals surface area contributed by atoms with Gasteiger partial charge in [-0.1, -0.05) is 96.9 Å². The molecular weight excluding hydrogens is 614 g/mol. The van der Waals surface area contributed by atoms with Gasteiger partial charge in [0.05, 0.1) is 24.7 Å². The molecule has 41 heavy (non-hydrogen) atoms. The van der Waals surface area contributed by atoms with E-state index in [4.69, 9.17) is 4.74 Å². The Morgan fingerprint density at radius 3 is 1.98 bits per heavy atom. The van der Waals surface area contributed by atoms with Crippen LogP contribution in [0.3, 0.4) is 0 Å². The number of ether oxygens (including phenoxy) is 1. The zero-order valence-corrected chi connectivity index (χ0v) is 25.9. The quantitative estimate of drug-likeness (QED) is 0.0815. The van der Waals surface area contributed by atoms with E-state index < -0.39 is 7.92 Å². The molecule has 6 heteroatoms. The summed E-state index contributed by atoms with van der Waals surface area (Å²) in [5, 5.41) is 5.47. The second-order valence-electron chi connectivity index (χ2n) is 9.27. The average molecular weight is 649 g/mol. The maximum Gasteiger partial charge on any atom is 5.00 e. The monoisotopic (exact) mass is 649 g/mol. The number of ketones is 1. The predicted octanol–water partition coefficient (Wildman–Crippen LogP) is 6.19. The minimum Gasteiger partial charge on any atom is -0.501 e. The van der Waals surface area contributed by atoms with E-state index in [-0.39, 0.29) is 31.2 Å². The number of allylic oxidation sites excluding steroid dienone is 5. The van der Waals surface area contributed by atoms with Gasteiger partial charge in [-0.3, -0.25) is 4.79 Å². The van der Waals surface area contributed by atoms with E-state index in [2.05, 4.69) is 72.0 Å². The molecule has 205 valence electrons. The van der Waals surface area contributed by atoms with E-state index in [1.165, 1.54) is 10.6 Å². The van der Waals surface area contributed by atoms with Crippen LogP contribution in [0.25, 0.3) is 11.1 Å². The summed E-state index contributed by atoms with van der Waals surface area (Å²) in [6, 6.07) is 35.2. The van der Waals surface area contributed by atoms with Crippen molar-refractivity contribution in [3.8, 4) is 11.1 Å². The normalized spacial score (nSPS) is 12.9. The van der Waals surface area contributed by atoms with Crippen LogP contribution in [0.5, 0.6) is 0 Å². The maximum absolute atomic E-state index is 12.8. The van der Waals surface area contributed by atoms with Gasteiger partial charge in [-0.15, -0.1) is 17.2 Å². The largest absolute Gasteiger partial charge is 5.00 e. The second-order valence-corrected chi connectivity index (χ2v) is 11.9. The molecule has 1 N–H and O–H groups in total. The Morgan fingerprint density at radius 2 is 1.41 bits per heavy atom. The number of hydrogen-bond acceptors (Lipinski definition) is 4. The van der Waals surface area contributed by atoms with E-state index >= 15 is 0 Å². The smallest absolute Gasteiger partial charge is 0.501 e. The van der Waals surface area contributed by atoms with Crippen molar-refractivity contribution in [2.45, 2.75) is 6.92 Å². The van der Waals surface area contributed by atoms with E-state index in [1.54, 1.807) is 31.5 Å². The molecule has 0 unspecified atom stereocenters. The first kappa shape index (κ1) is 31.7. The molecule has 0 aliphatic heterocycles. The van der Waals surface area contributed by atoms with Gasteiger partial charge in [0.25, 0.3) is 0 Å². The molecule has 0 amide bonds. The predicted molar refractivity (Wildman–Crippen MR) is 168 cm³/mol. The zero-order valence-electron chi connectivity index (χ0n) is 23.2. The first-order valence-electron chi connectivity index (χ1n) is 13.3. The number of nitrogens with one attached hydrogen (secondary N) is 1. The fraction of sp³-hybridized carbons (Fsp3) is 0.114. The van der Waals surface area contributed by atoms with Crippen LogP contribution in [0.4, 0.5) is 0 Å². The Balaban J connectivity index is 0.000000357. The Labute approximate surface area is 256 Å². The Hall–Kier alpha value is -3.78. The molecule has 0 heterocycles.